The lowest BCUT2D eigenvalue weighted by molar-refractivity contribution is -0.124. The first-order valence-electron chi connectivity index (χ1n) is 6.04. The molecule has 4 heteroatoms. The van der Waals surface area contributed by atoms with Crippen LogP contribution in [0.15, 0.2) is 30.3 Å². The molecule has 1 aromatic carbocycles. The summed E-state index contributed by atoms with van der Waals surface area (Å²) in [6.45, 7) is -0.0502. The van der Waals surface area contributed by atoms with E-state index in [0.29, 0.717) is 18.4 Å². The van der Waals surface area contributed by atoms with Gasteiger partial charge in [-0.2, -0.15) is 0 Å². The number of hydrogen-bond acceptors (Lipinski definition) is 4. The number of aldehydes is 1. The molecule has 1 N–H and O–H groups in total. The van der Waals surface area contributed by atoms with Crippen LogP contribution in [0.2, 0.25) is 0 Å². The maximum absolute atomic E-state index is 11.7. The minimum absolute atomic E-state index is 0.0502. The van der Waals surface area contributed by atoms with Gasteiger partial charge in [-0.25, -0.2) is 4.79 Å². The van der Waals surface area contributed by atoms with Crippen molar-refractivity contribution in [3.8, 4) is 0 Å². The zero-order valence-electron chi connectivity index (χ0n) is 10.0. The maximum atomic E-state index is 11.7. The first-order chi connectivity index (χ1) is 8.68. The van der Waals surface area contributed by atoms with Crippen molar-refractivity contribution in [3.05, 3.63) is 35.9 Å². The fraction of sp³-hybridized carbons (Fsp3) is 0.429. The van der Waals surface area contributed by atoms with Crippen molar-refractivity contribution in [2.24, 2.45) is 5.41 Å². The van der Waals surface area contributed by atoms with E-state index in [1.165, 1.54) is 0 Å². The van der Waals surface area contributed by atoms with Gasteiger partial charge in [0, 0.05) is 0 Å². The maximum Gasteiger partial charge on any atom is 0.338 e. The summed E-state index contributed by atoms with van der Waals surface area (Å²) in [6, 6.07) is 8.61. The van der Waals surface area contributed by atoms with E-state index >= 15 is 0 Å². The molecule has 0 saturated heterocycles. The minimum Gasteiger partial charge on any atom is -0.461 e. The van der Waals surface area contributed by atoms with Gasteiger partial charge in [-0.05, 0) is 31.4 Å². The van der Waals surface area contributed by atoms with E-state index in [1.807, 2.05) is 6.07 Å². The summed E-state index contributed by atoms with van der Waals surface area (Å²) in [5, 5.41) is 9.80. The average molecular weight is 248 g/mol. The number of ether oxygens (including phenoxy) is 1. The van der Waals surface area contributed by atoms with Crippen LogP contribution in [0, 0.1) is 5.41 Å². The molecule has 0 unspecified atom stereocenters. The number of esters is 1. The van der Waals surface area contributed by atoms with Gasteiger partial charge in [0.1, 0.15) is 12.9 Å². The number of aliphatic hydroxyl groups excluding tert-OH is 1. The summed E-state index contributed by atoms with van der Waals surface area (Å²) in [6.07, 6.45) is 1.95. The summed E-state index contributed by atoms with van der Waals surface area (Å²) in [4.78, 5) is 22.9. The van der Waals surface area contributed by atoms with Crippen molar-refractivity contribution in [2.75, 3.05) is 6.61 Å². The molecule has 1 fully saturated rings. The van der Waals surface area contributed by atoms with Crippen molar-refractivity contribution < 1.29 is 19.4 Å². The Balaban J connectivity index is 1.99. The van der Waals surface area contributed by atoms with E-state index < -0.39 is 17.5 Å². The number of aliphatic hydroxyl groups is 1. The first-order valence-corrected chi connectivity index (χ1v) is 6.04. The normalized spacial score (nSPS) is 26.8. The summed E-state index contributed by atoms with van der Waals surface area (Å²) in [7, 11) is 0. The molecule has 0 radical (unpaired) electrons. The van der Waals surface area contributed by atoms with E-state index in [4.69, 9.17) is 4.74 Å². The van der Waals surface area contributed by atoms with Crippen LogP contribution < -0.4 is 0 Å². The highest BCUT2D eigenvalue weighted by Gasteiger charge is 2.43. The molecule has 0 aromatic heterocycles. The molecule has 0 bridgehead atoms. The summed E-state index contributed by atoms with van der Waals surface area (Å²) >= 11 is 0. The fourth-order valence-corrected chi connectivity index (χ4v) is 2.28. The van der Waals surface area contributed by atoms with Gasteiger partial charge in [0.05, 0.1) is 17.1 Å². The third-order valence-corrected chi connectivity index (χ3v) is 3.50. The van der Waals surface area contributed by atoms with Crippen molar-refractivity contribution in [3.63, 3.8) is 0 Å². The molecule has 0 aliphatic heterocycles. The molecule has 2 atom stereocenters. The van der Waals surface area contributed by atoms with E-state index in [9.17, 15) is 14.7 Å². The number of carbonyl (C=O) groups is 2. The van der Waals surface area contributed by atoms with Crippen LogP contribution in [0.25, 0.3) is 0 Å². The molecule has 18 heavy (non-hydrogen) atoms. The molecular formula is C14H16O4. The molecule has 1 aliphatic rings. The lowest BCUT2D eigenvalue weighted by atomic mass is 9.87. The highest BCUT2D eigenvalue weighted by atomic mass is 16.5. The molecule has 0 heterocycles. The second-order valence-corrected chi connectivity index (χ2v) is 4.70. The Morgan fingerprint density at radius 3 is 2.72 bits per heavy atom. The predicted molar refractivity (Wildman–Crippen MR) is 65.1 cm³/mol. The Labute approximate surface area is 106 Å². The zero-order chi connectivity index (χ0) is 13.0. The van der Waals surface area contributed by atoms with Gasteiger partial charge < -0.3 is 14.6 Å². The van der Waals surface area contributed by atoms with Crippen LogP contribution in [-0.4, -0.2) is 30.1 Å². The molecule has 1 saturated carbocycles. The largest absolute Gasteiger partial charge is 0.461 e. The van der Waals surface area contributed by atoms with E-state index in [1.54, 1.807) is 24.3 Å². The molecular weight excluding hydrogens is 232 g/mol. The third kappa shape index (κ3) is 2.43. The Morgan fingerprint density at radius 1 is 1.44 bits per heavy atom. The van der Waals surface area contributed by atoms with Crippen molar-refractivity contribution in [1.82, 2.24) is 0 Å². The fourth-order valence-electron chi connectivity index (χ4n) is 2.28. The first kappa shape index (κ1) is 12.8. The van der Waals surface area contributed by atoms with Gasteiger partial charge in [-0.15, -0.1) is 0 Å². The molecule has 1 aromatic rings. The highest BCUT2D eigenvalue weighted by Crippen LogP contribution is 2.36. The Kier molecular flexibility index (Phi) is 3.77. The van der Waals surface area contributed by atoms with Gasteiger partial charge in [0.2, 0.25) is 0 Å². The van der Waals surface area contributed by atoms with Crippen LogP contribution in [-0.2, 0) is 9.53 Å². The minimum atomic E-state index is -0.912. The molecule has 1 aliphatic carbocycles. The topological polar surface area (TPSA) is 63.6 Å². The van der Waals surface area contributed by atoms with E-state index in [-0.39, 0.29) is 6.61 Å². The Morgan fingerprint density at radius 2 is 2.17 bits per heavy atom. The number of rotatable bonds is 4. The standard InChI is InChI=1S/C14H16O4/c15-9-14(8-4-7-12(14)16)10-18-13(17)11-5-2-1-3-6-11/h1-3,5-6,9,12,16H,4,7-8,10H2/t12-,14-/m1/s1. The monoisotopic (exact) mass is 248 g/mol. The lowest BCUT2D eigenvalue weighted by Crippen LogP contribution is -2.37. The molecule has 2 rings (SSSR count). The van der Waals surface area contributed by atoms with Crippen LogP contribution in [0.4, 0.5) is 0 Å². The van der Waals surface area contributed by atoms with Crippen molar-refractivity contribution in [2.45, 2.75) is 25.4 Å². The Bertz CT molecular complexity index is 429. The number of hydrogen-bond donors (Lipinski definition) is 1. The second kappa shape index (κ2) is 5.31. The van der Waals surface area contributed by atoms with Crippen LogP contribution in [0.1, 0.15) is 29.6 Å². The van der Waals surface area contributed by atoms with Gasteiger partial charge in [0.25, 0.3) is 0 Å². The van der Waals surface area contributed by atoms with Crippen molar-refractivity contribution in [1.29, 1.82) is 0 Å². The summed E-state index contributed by atoms with van der Waals surface area (Å²) in [5.74, 6) is -0.462. The lowest BCUT2D eigenvalue weighted by Gasteiger charge is -2.25. The van der Waals surface area contributed by atoms with E-state index in [0.717, 1.165) is 12.7 Å². The zero-order valence-corrected chi connectivity index (χ0v) is 10.0. The molecule has 4 nitrogen and oxygen atoms in total. The second-order valence-electron chi connectivity index (χ2n) is 4.70. The number of carbonyl (C=O) groups excluding carboxylic acids is 2. The summed E-state index contributed by atoms with van der Waals surface area (Å²) in [5.41, 5.74) is -0.462. The molecule has 96 valence electrons. The SMILES string of the molecule is O=C[C@@]1(COC(=O)c2ccccc2)CCC[C@H]1O. The van der Waals surface area contributed by atoms with E-state index in [2.05, 4.69) is 0 Å². The van der Waals surface area contributed by atoms with Gasteiger partial charge >= 0.3 is 5.97 Å². The van der Waals surface area contributed by atoms with Crippen LogP contribution >= 0.6 is 0 Å². The third-order valence-electron chi connectivity index (χ3n) is 3.50. The van der Waals surface area contributed by atoms with Crippen LogP contribution in [0.3, 0.4) is 0 Å². The summed E-state index contributed by atoms with van der Waals surface area (Å²) < 4.78 is 5.15. The molecule has 0 spiro atoms. The van der Waals surface area contributed by atoms with Crippen LogP contribution in [0.5, 0.6) is 0 Å². The van der Waals surface area contributed by atoms with Crippen molar-refractivity contribution >= 4 is 12.3 Å². The molecule has 0 amide bonds. The quantitative estimate of drug-likeness (QED) is 0.649. The smallest absolute Gasteiger partial charge is 0.338 e. The Hall–Kier alpha value is -1.68. The predicted octanol–water partition coefficient (Wildman–Crippen LogP) is 1.57. The van der Waals surface area contributed by atoms with Gasteiger partial charge in [-0.3, -0.25) is 0 Å². The van der Waals surface area contributed by atoms with Gasteiger partial charge in [-0.1, -0.05) is 18.2 Å². The average Bonchev–Trinajstić information content (AvgIpc) is 2.79. The highest BCUT2D eigenvalue weighted by molar-refractivity contribution is 5.89. The number of benzene rings is 1. The van der Waals surface area contributed by atoms with Gasteiger partial charge in [0.15, 0.2) is 0 Å².